The minimum absolute atomic E-state index is 0.322. The zero-order valence-electron chi connectivity index (χ0n) is 9.03. The van der Waals surface area contributed by atoms with Gasteiger partial charge >= 0.3 is 0 Å². The Morgan fingerprint density at radius 2 is 2.24 bits per heavy atom. The van der Waals surface area contributed by atoms with Crippen molar-refractivity contribution in [2.75, 3.05) is 5.32 Å². The predicted octanol–water partition coefficient (Wildman–Crippen LogP) is 2.38. The van der Waals surface area contributed by atoms with E-state index in [2.05, 4.69) is 10.3 Å². The molecule has 0 radical (unpaired) electrons. The van der Waals surface area contributed by atoms with Gasteiger partial charge in [-0.2, -0.15) is 0 Å². The highest BCUT2D eigenvalue weighted by Crippen LogP contribution is 2.20. The summed E-state index contributed by atoms with van der Waals surface area (Å²) < 4.78 is 0. The van der Waals surface area contributed by atoms with E-state index in [0.29, 0.717) is 17.1 Å². The highest BCUT2D eigenvalue weighted by molar-refractivity contribution is 6.33. The van der Waals surface area contributed by atoms with Crippen molar-refractivity contribution in [3.63, 3.8) is 0 Å². The second-order valence-corrected chi connectivity index (χ2v) is 4.01. The number of hydrogen-bond acceptors (Lipinski definition) is 2. The van der Waals surface area contributed by atoms with Crippen LogP contribution in [0.25, 0.3) is 0 Å². The predicted molar refractivity (Wildman–Crippen MR) is 68.1 cm³/mol. The van der Waals surface area contributed by atoms with Crippen molar-refractivity contribution < 1.29 is 4.79 Å². The van der Waals surface area contributed by atoms with Crippen LogP contribution in [0.4, 0.5) is 5.69 Å². The Kier molecular flexibility index (Phi) is 3.35. The minimum atomic E-state index is -0.529. The number of amides is 1. The first-order valence-corrected chi connectivity index (χ1v) is 5.50. The molecule has 0 saturated heterocycles. The van der Waals surface area contributed by atoms with Gasteiger partial charge in [-0.3, -0.25) is 4.79 Å². The molecule has 88 valence electrons. The van der Waals surface area contributed by atoms with Crippen LogP contribution in [-0.4, -0.2) is 10.9 Å². The molecule has 0 aliphatic heterocycles. The summed E-state index contributed by atoms with van der Waals surface area (Å²) in [6.07, 6.45) is 1.85. The van der Waals surface area contributed by atoms with E-state index in [1.165, 1.54) is 0 Å². The molecule has 0 unspecified atom stereocenters. The Morgan fingerprint density at radius 1 is 1.41 bits per heavy atom. The van der Waals surface area contributed by atoms with Gasteiger partial charge in [0, 0.05) is 17.6 Å². The Labute approximate surface area is 104 Å². The van der Waals surface area contributed by atoms with Gasteiger partial charge in [-0.15, -0.1) is 0 Å². The van der Waals surface area contributed by atoms with Crippen LogP contribution in [0.1, 0.15) is 16.1 Å². The maximum absolute atomic E-state index is 11.1. The lowest BCUT2D eigenvalue weighted by Gasteiger charge is -2.07. The monoisotopic (exact) mass is 249 g/mol. The van der Waals surface area contributed by atoms with Crippen molar-refractivity contribution in [2.45, 2.75) is 6.54 Å². The summed E-state index contributed by atoms with van der Waals surface area (Å²) in [5, 5.41) is 3.54. The third kappa shape index (κ3) is 2.79. The first-order chi connectivity index (χ1) is 8.16. The fourth-order valence-electron chi connectivity index (χ4n) is 1.50. The number of aromatic amines is 1. The Hall–Kier alpha value is -1.94. The van der Waals surface area contributed by atoms with E-state index in [9.17, 15) is 4.79 Å². The van der Waals surface area contributed by atoms with E-state index in [1.807, 2.05) is 18.3 Å². The maximum Gasteiger partial charge on any atom is 0.250 e. The topological polar surface area (TPSA) is 70.9 Å². The van der Waals surface area contributed by atoms with Crippen molar-refractivity contribution in [2.24, 2.45) is 5.73 Å². The molecule has 5 heteroatoms. The molecule has 17 heavy (non-hydrogen) atoms. The molecule has 0 atom stereocenters. The number of rotatable bonds is 4. The molecule has 0 saturated carbocycles. The molecule has 1 heterocycles. The smallest absolute Gasteiger partial charge is 0.250 e. The Morgan fingerprint density at radius 3 is 2.88 bits per heavy atom. The zero-order valence-corrected chi connectivity index (χ0v) is 9.79. The molecule has 2 rings (SSSR count). The number of benzene rings is 1. The van der Waals surface area contributed by atoms with Gasteiger partial charge in [-0.05, 0) is 30.3 Å². The summed E-state index contributed by atoms with van der Waals surface area (Å²) in [5.74, 6) is -0.529. The number of H-pyrrole nitrogens is 1. The van der Waals surface area contributed by atoms with E-state index in [0.717, 1.165) is 11.4 Å². The normalized spacial score (nSPS) is 10.2. The van der Waals surface area contributed by atoms with Crippen LogP contribution in [0.15, 0.2) is 36.5 Å². The molecule has 0 aliphatic rings. The summed E-state index contributed by atoms with van der Waals surface area (Å²) in [6, 6.07) is 9.00. The molecule has 0 bridgehead atoms. The lowest BCUT2D eigenvalue weighted by atomic mass is 10.2. The fourth-order valence-corrected chi connectivity index (χ4v) is 1.71. The van der Waals surface area contributed by atoms with Gasteiger partial charge in [0.25, 0.3) is 0 Å². The number of nitrogens with one attached hydrogen (secondary N) is 2. The van der Waals surface area contributed by atoms with Crippen LogP contribution in [0, 0.1) is 0 Å². The number of halogens is 1. The fraction of sp³-hybridized carbons (Fsp3) is 0.0833. The molecular formula is C12H12ClN3O. The molecule has 4 nitrogen and oxygen atoms in total. The van der Waals surface area contributed by atoms with Crippen LogP contribution in [0.2, 0.25) is 5.02 Å². The quantitative estimate of drug-likeness (QED) is 0.779. The summed E-state index contributed by atoms with van der Waals surface area (Å²) in [6.45, 7) is 0.646. The van der Waals surface area contributed by atoms with Crippen molar-refractivity contribution in [3.05, 3.63) is 52.8 Å². The Bertz CT molecular complexity index is 523. The molecule has 0 fully saturated rings. The first-order valence-electron chi connectivity index (χ1n) is 5.12. The number of carbonyl (C=O) groups is 1. The third-order valence-corrected chi connectivity index (χ3v) is 2.71. The standard InChI is InChI=1S/C12H12ClN3O/c13-11-4-3-8(6-10(11)12(14)17)16-7-9-2-1-5-15-9/h1-6,15-16H,7H2,(H2,14,17). The summed E-state index contributed by atoms with van der Waals surface area (Å²) in [7, 11) is 0. The average Bonchev–Trinajstić information content (AvgIpc) is 2.80. The van der Waals surface area contributed by atoms with Gasteiger partial charge in [-0.1, -0.05) is 11.6 Å². The molecular weight excluding hydrogens is 238 g/mol. The number of carbonyl (C=O) groups excluding carboxylic acids is 1. The zero-order chi connectivity index (χ0) is 12.3. The largest absolute Gasteiger partial charge is 0.379 e. The first kappa shape index (κ1) is 11.5. The van der Waals surface area contributed by atoms with E-state index >= 15 is 0 Å². The second-order valence-electron chi connectivity index (χ2n) is 3.61. The van der Waals surface area contributed by atoms with Crippen LogP contribution < -0.4 is 11.1 Å². The molecule has 0 spiro atoms. The van der Waals surface area contributed by atoms with Crippen molar-refractivity contribution in [3.8, 4) is 0 Å². The minimum Gasteiger partial charge on any atom is -0.379 e. The molecule has 4 N–H and O–H groups in total. The number of primary amides is 1. The SMILES string of the molecule is NC(=O)c1cc(NCc2ccc[nH]2)ccc1Cl. The molecule has 2 aromatic rings. The van der Waals surface area contributed by atoms with Gasteiger partial charge < -0.3 is 16.0 Å². The van der Waals surface area contributed by atoms with Crippen molar-refractivity contribution in [1.82, 2.24) is 4.98 Å². The van der Waals surface area contributed by atoms with Gasteiger partial charge in [0.05, 0.1) is 17.1 Å². The molecule has 1 amide bonds. The van der Waals surface area contributed by atoms with Crippen LogP contribution in [0.5, 0.6) is 0 Å². The van der Waals surface area contributed by atoms with E-state index in [-0.39, 0.29) is 0 Å². The molecule has 0 aliphatic carbocycles. The lowest BCUT2D eigenvalue weighted by Crippen LogP contribution is -2.12. The molecule has 1 aromatic carbocycles. The van der Waals surface area contributed by atoms with Gasteiger partial charge in [-0.25, -0.2) is 0 Å². The van der Waals surface area contributed by atoms with E-state index in [1.54, 1.807) is 18.2 Å². The highest BCUT2D eigenvalue weighted by Gasteiger charge is 2.07. The van der Waals surface area contributed by atoms with Crippen LogP contribution in [-0.2, 0) is 6.54 Å². The average molecular weight is 250 g/mol. The highest BCUT2D eigenvalue weighted by atomic mass is 35.5. The van der Waals surface area contributed by atoms with Crippen molar-refractivity contribution >= 4 is 23.2 Å². The third-order valence-electron chi connectivity index (χ3n) is 2.38. The summed E-state index contributed by atoms with van der Waals surface area (Å²) >= 11 is 5.86. The van der Waals surface area contributed by atoms with Crippen molar-refractivity contribution in [1.29, 1.82) is 0 Å². The van der Waals surface area contributed by atoms with E-state index < -0.39 is 5.91 Å². The van der Waals surface area contributed by atoms with Gasteiger partial charge in [0.1, 0.15) is 0 Å². The lowest BCUT2D eigenvalue weighted by molar-refractivity contribution is 0.100. The number of anilines is 1. The number of nitrogens with two attached hydrogens (primary N) is 1. The van der Waals surface area contributed by atoms with Crippen LogP contribution >= 0.6 is 11.6 Å². The molecule has 1 aromatic heterocycles. The van der Waals surface area contributed by atoms with E-state index in [4.69, 9.17) is 17.3 Å². The number of hydrogen-bond donors (Lipinski definition) is 3. The Balaban J connectivity index is 2.11. The van der Waals surface area contributed by atoms with Crippen LogP contribution in [0.3, 0.4) is 0 Å². The second kappa shape index (κ2) is 4.93. The summed E-state index contributed by atoms with van der Waals surface area (Å²) in [5.41, 5.74) is 7.40. The number of aromatic nitrogens is 1. The van der Waals surface area contributed by atoms with Gasteiger partial charge in [0.15, 0.2) is 0 Å². The summed E-state index contributed by atoms with van der Waals surface area (Å²) in [4.78, 5) is 14.2. The van der Waals surface area contributed by atoms with Gasteiger partial charge in [0.2, 0.25) is 5.91 Å². The maximum atomic E-state index is 11.1.